The number of benzene rings is 6. The molecular weight excluding hydrogens is 731 g/mol. The van der Waals surface area contributed by atoms with E-state index in [1.807, 2.05) is 30.3 Å². The van der Waals surface area contributed by atoms with Gasteiger partial charge in [-0.1, -0.05) is 126 Å². The van der Waals surface area contributed by atoms with Crippen molar-refractivity contribution < 1.29 is 4.79 Å². The number of pyridine rings is 1. The van der Waals surface area contributed by atoms with Crippen molar-refractivity contribution in [3.63, 3.8) is 0 Å². The van der Waals surface area contributed by atoms with E-state index < -0.39 is 0 Å². The SMILES string of the molecule is CC(C)(C)c1ccc2c(c1)c1cc(C(C)(C)C)ccc1n2-c1cc(C(=O)c2ccnc3ccccc23)cc(-n2c3ccc(C(C)(C)C)cc3c3cc(C(C)(C)C)ccc32)c1. The summed E-state index contributed by atoms with van der Waals surface area (Å²) in [6.45, 7) is 27.3. The number of hydrogen-bond acceptors (Lipinski definition) is 2. The van der Waals surface area contributed by atoms with Crippen LogP contribution in [0.5, 0.6) is 0 Å². The normalized spacial score (nSPS) is 13.1. The zero-order valence-electron chi connectivity index (χ0n) is 37.4. The predicted molar refractivity (Wildman–Crippen MR) is 255 cm³/mol. The van der Waals surface area contributed by atoms with Crippen LogP contribution in [0.25, 0.3) is 65.9 Å². The molecule has 0 atom stereocenters. The topological polar surface area (TPSA) is 39.8 Å². The Morgan fingerprint density at radius 1 is 0.417 bits per heavy atom. The van der Waals surface area contributed by atoms with Crippen LogP contribution in [0.1, 0.15) is 121 Å². The van der Waals surface area contributed by atoms with Gasteiger partial charge in [-0.25, -0.2) is 0 Å². The first-order valence-corrected chi connectivity index (χ1v) is 21.4. The third-order valence-corrected chi connectivity index (χ3v) is 12.6. The molecule has 6 aromatic carbocycles. The Bertz CT molecular complexity index is 2880. The lowest BCUT2D eigenvalue weighted by molar-refractivity contribution is 0.104. The predicted octanol–water partition coefficient (Wildman–Crippen LogP) is 14.8. The van der Waals surface area contributed by atoms with Crippen molar-refractivity contribution in [2.45, 2.75) is 105 Å². The van der Waals surface area contributed by atoms with Crippen LogP contribution in [-0.2, 0) is 21.7 Å². The monoisotopic (exact) mass is 787 g/mol. The Morgan fingerprint density at radius 2 is 0.783 bits per heavy atom. The molecule has 9 aromatic rings. The van der Waals surface area contributed by atoms with Crippen molar-refractivity contribution in [1.29, 1.82) is 0 Å². The zero-order chi connectivity index (χ0) is 42.7. The van der Waals surface area contributed by atoms with Crippen molar-refractivity contribution in [2.24, 2.45) is 0 Å². The van der Waals surface area contributed by atoms with E-state index in [-0.39, 0.29) is 27.4 Å². The van der Waals surface area contributed by atoms with Gasteiger partial charge in [0.1, 0.15) is 0 Å². The molecular formula is C56H57N3O. The van der Waals surface area contributed by atoms with Crippen LogP contribution in [0.3, 0.4) is 0 Å². The largest absolute Gasteiger partial charge is 0.309 e. The lowest BCUT2D eigenvalue weighted by Gasteiger charge is -2.20. The average molecular weight is 788 g/mol. The highest BCUT2D eigenvalue weighted by Crippen LogP contribution is 2.41. The molecule has 0 aliphatic heterocycles. The van der Waals surface area contributed by atoms with E-state index in [1.54, 1.807) is 6.20 Å². The first-order valence-electron chi connectivity index (χ1n) is 21.4. The summed E-state index contributed by atoms with van der Waals surface area (Å²) in [4.78, 5) is 19.7. The van der Waals surface area contributed by atoms with Gasteiger partial charge in [-0.05, 0) is 123 Å². The number of para-hydroxylation sites is 1. The van der Waals surface area contributed by atoms with Gasteiger partial charge in [0, 0.05) is 55.6 Å². The summed E-state index contributed by atoms with van der Waals surface area (Å²) in [7, 11) is 0. The quantitative estimate of drug-likeness (QED) is 0.167. The second kappa shape index (κ2) is 13.5. The standard InChI is InChI=1S/C56H57N3O/c1-53(2,3)35-17-21-48-43(29-35)44-30-36(54(4,5)6)18-22-49(44)58(48)39-27-34(52(60)42-25-26-57-47-16-14-13-15-41(42)47)28-40(33-39)59-50-23-19-37(55(7,8)9)31-45(50)46-32-38(56(10,11)12)20-24-51(46)59/h13-33H,1-12H3. The maximum Gasteiger partial charge on any atom is 0.193 e. The van der Waals surface area contributed by atoms with Crippen LogP contribution in [0.2, 0.25) is 0 Å². The maximum absolute atomic E-state index is 15.1. The molecule has 9 rings (SSSR count). The highest BCUT2D eigenvalue weighted by atomic mass is 16.1. The third-order valence-electron chi connectivity index (χ3n) is 12.6. The molecule has 302 valence electrons. The minimum absolute atomic E-state index is 0.0205. The molecule has 4 nitrogen and oxygen atoms in total. The maximum atomic E-state index is 15.1. The van der Waals surface area contributed by atoms with E-state index in [0.717, 1.165) is 44.3 Å². The molecule has 0 amide bonds. The summed E-state index contributed by atoms with van der Waals surface area (Å²) >= 11 is 0. The molecule has 0 saturated carbocycles. The van der Waals surface area contributed by atoms with E-state index in [9.17, 15) is 0 Å². The highest BCUT2D eigenvalue weighted by Gasteiger charge is 2.25. The molecule has 0 aliphatic rings. The van der Waals surface area contributed by atoms with E-state index >= 15 is 4.79 Å². The number of carbonyl (C=O) groups excluding carboxylic acids is 1. The number of fused-ring (bicyclic) bond motifs is 7. The van der Waals surface area contributed by atoms with Gasteiger partial charge in [-0.15, -0.1) is 0 Å². The van der Waals surface area contributed by atoms with E-state index in [1.165, 1.54) is 43.8 Å². The van der Waals surface area contributed by atoms with Gasteiger partial charge in [0.25, 0.3) is 0 Å². The smallest absolute Gasteiger partial charge is 0.193 e. The summed E-state index contributed by atoms with van der Waals surface area (Å²) in [6, 6.07) is 44.0. The van der Waals surface area contributed by atoms with Crippen LogP contribution in [0, 0.1) is 0 Å². The number of ketones is 1. The van der Waals surface area contributed by atoms with Gasteiger partial charge < -0.3 is 9.13 Å². The molecule has 0 bridgehead atoms. The number of carbonyl (C=O) groups is 1. The second-order valence-corrected chi connectivity index (χ2v) is 21.0. The van der Waals surface area contributed by atoms with Crippen molar-refractivity contribution in [3.8, 4) is 11.4 Å². The van der Waals surface area contributed by atoms with Crippen molar-refractivity contribution in [3.05, 3.63) is 161 Å². The molecule has 0 radical (unpaired) electrons. The van der Waals surface area contributed by atoms with Gasteiger partial charge in [-0.2, -0.15) is 0 Å². The Morgan fingerprint density at radius 3 is 1.15 bits per heavy atom. The lowest BCUT2D eigenvalue weighted by atomic mass is 9.85. The first kappa shape index (κ1) is 39.5. The Hall–Kier alpha value is -6.00. The van der Waals surface area contributed by atoms with Crippen LogP contribution in [0.15, 0.2) is 128 Å². The molecule has 0 saturated heterocycles. The lowest BCUT2D eigenvalue weighted by Crippen LogP contribution is -2.10. The fourth-order valence-corrected chi connectivity index (χ4v) is 8.90. The minimum Gasteiger partial charge on any atom is -0.309 e. The van der Waals surface area contributed by atoms with E-state index in [4.69, 9.17) is 0 Å². The second-order valence-electron chi connectivity index (χ2n) is 21.0. The van der Waals surface area contributed by atoms with Gasteiger partial charge in [-0.3, -0.25) is 9.78 Å². The molecule has 0 aliphatic carbocycles. The number of rotatable bonds is 4. The minimum atomic E-state index is -0.0340. The fourth-order valence-electron chi connectivity index (χ4n) is 8.90. The summed E-state index contributed by atoms with van der Waals surface area (Å²) < 4.78 is 4.75. The average Bonchev–Trinajstić information content (AvgIpc) is 3.70. The third kappa shape index (κ3) is 6.61. The molecule has 0 fully saturated rings. The fraction of sp³-hybridized carbons (Fsp3) is 0.286. The number of hydrogen-bond donors (Lipinski definition) is 0. The molecule has 3 heterocycles. The molecule has 0 spiro atoms. The van der Waals surface area contributed by atoms with Crippen molar-refractivity contribution in [2.75, 3.05) is 0 Å². The Labute approximate surface area is 354 Å². The Kier molecular flexibility index (Phi) is 8.88. The van der Waals surface area contributed by atoms with Crippen LogP contribution in [0.4, 0.5) is 0 Å². The van der Waals surface area contributed by atoms with Gasteiger partial charge in [0.2, 0.25) is 0 Å². The first-order chi connectivity index (χ1) is 28.2. The van der Waals surface area contributed by atoms with E-state index in [0.29, 0.717) is 11.1 Å². The van der Waals surface area contributed by atoms with Crippen LogP contribution >= 0.6 is 0 Å². The molecule has 60 heavy (non-hydrogen) atoms. The molecule has 0 unspecified atom stereocenters. The summed E-state index contributed by atoms with van der Waals surface area (Å²) in [5.41, 5.74) is 13.5. The Balaban J connectivity index is 1.40. The summed E-state index contributed by atoms with van der Waals surface area (Å²) in [6.07, 6.45) is 1.75. The zero-order valence-corrected chi connectivity index (χ0v) is 37.4. The van der Waals surface area contributed by atoms with Crippen molar-refractivity contribution in [1.82, 2.24) is 14.1 Å². The molecule has 0 N–H and O–H groups in total. The summed E-state index contributed by atoms with van der Waals surface area (Å²) in [5.74, 6) is -0.0340. The highest BCUT2D eigenvalue weighted by molar-refractivity contribution is 6.17. The number of nitrogens with zero attached hydrogens (tertiary/aromatic N) is 3. The van der Waals surface area contributed by atoms with Gasteiger partial charge >= 0.3 is 0 Å². The number of aromatic nitrogens is 3. The van der Waals surface area contributed by atoms with Gasteiger partial charge in [0.15, 0.2) is 5.78 Å². The van der Waals surface area contributed by atoms with Crippen molar-refractivity contribution >= 4 is 60.3 Å². The molecule has 3 aromatic heterocycles. The van der Waals surface area contributed by atoms with Gasteiger partial charge in [0.05, 0.1) is 27.6 Å². The molecule has 4 heteroatoms. The summed E-state index contributed by atoms with van der Waals surface area (Å²) in [5, 5.41) is 5.69. The van der Waals surface area contributed by atoms with Crippen LogP contribution < -0.4 is 0 Å². The van der Waals surface area contributed by atoms with Crippen LogP contribution in [-0.4, -0.2) is 19.9 Å². The van der Waals surface area contributed by atoms with E-state index in [2.05, 4.69) is 188 Å².